The number of ether oxygens (including phenoxy) is 2. The van der Waals surface area contributed by atoms with Crippen molar-refractivity contribution < 1.29 is 9.47 Å². The zero-order valence-electron chi connectivity index (χ0n) is 17.7. The summed E-state index contributed by atoms with van der Waals surface area (Å²) in [5, 5.41) is 8.58. The lowest BCUT2D eigenvalue weighted by molar-refractivity contribution is 0.174. The summed E-state index contributed by atoms with van der Waals surface area (Å²) in [6.45, 7) is 6.77. The minimum absolute atomic E-state index is 0.178. The second-order valence-electron chi connectivity index (χ2n) is 8.03. The molecule has 1 aromatic heterocycles. The molecule has 8 heteroatoms. The Labute approximate surface area is 181 Å². The number of hydrogen-bond acceptors (Lipinski definition) is 7. The molecule has 2 aliphatic heterocycles. The molecule has 0 spiro atoms. The molecule has 2 aliphatic rings. The fraction of sp³-hybridized carbons (Fsp3) is 0.391. The number of likely N-dealkylation sites (N-methyl/N-ethyl adjacent to an activating group) is 1. The van der Waals surface area contributed by atoms with E-state index in [2.05, 4.69) is 49.2 Å². The molecule has 1 N–H and O–H groups in total. The third-order valence-corrected chi connectivity index (χ3v) is 6.07. The van der Waals surface area contributed by atoms with Crippen molar-refractivity contribution in [3.8, 4) is 11.5 Å². The number of H-pyrrole nitrogens is 1. The van der Waals surface area contributed by atoms with Gasteiger partial charge in [0.2, 0.25) is 0 Å². The molecule has 0 atom stereocenters. The van der Waals surface area contributed by atoms with Gasteiger partial charge in [-0.2, -0.15) is 5.10 Å². The lowest BCUT2D eigenvalue weighted by Gasteiger charge is -2.38. The molecule has 0 unspecified atom stereocenters. The molecule has 1 saturated heterocycles. The van der Waals surface area contributed by atoms with Crippen molar-refractivity contribution in [2.24, 2.45) is 0 Å². The summed E-state index contributed by atoms with van der Waals surface area (Å²) < 4.78 is 12.1. The molecule has 0 bridgehead atoms. The maximum Gasteiger partial charge on any atom is 0.266 e. The normalized spacial score (nSPS) is 16.5. The first-order valence-electron chi connectivity index (χ1n) is 10.7. The number of hydrogen-bond donors (Lipinski definition) is 1. The molecule has 3 heterocycles. The van der Waals surface area contributed by atoms with E-state index in [-0.39, 0.29) is 5.56 Å². The molecule has 162 valence electrons. The number of piperazine rings is 1. The molecule has 0 aliphatic carbocycles. The molecular weight excluding hydrogens is 394 g/mol. The molecule has 1 fully saturated rings. The first-order valence-corrected chi connectivity index (χ1v) is 10.7. The van der Waals surface area contributed by atoms with Crippen molar-refractivity contribution in [3.05, 3.63) is 52.9 Å². The summed E-state index contributed by atoms with van der Waals surface area (Å²) in [6.07, 6.45) is 1.68. The summed E-state index contributed by atoms with van der Waals surface area (Å²) in [5.41, 5.74) is 1.78. The van der Waals surface area contributed by atoms with Crippen LogP contribution in [-0.4, -0.2) is 74.6 Å². The van der Waals surface area contributed by atoms with Crippen molar-refractivity contribution in [1.82, 2.24) is 15.1 Å². The number of rotatable bonds is 5. The number of aromatic nitrogens is 2. The van der Waals surface area contributed by atoms with E-state index >= 15 is 0 Å². The molecule has 0 saturated carbocycles. The third-order valence-electron chi connectivity index (χ3n) is 6.07. The number of nitrogens with one attached hydrogen (secondary N) is 1. The second-order valence-corrected chi connectivity index (χ2v) is 8.03. The maximum absolute atomic E-state index is 11.5. The van der Waals surface area contributed by atoms with Crippen LogP contribution in [-0.2, 0) is 0 Å². The van der Waals surface area contributed by atoms with E-state index in [1.54, 1.807) is 12.3 Å². The van der Waals surface area contributed by atoms with E-state index in [1.165, 1.54) is 5.39 Å². The van der Waals surface area contributed by atoms with Crippen LogP contribution in [0.4, 0.5) is 11.4 Å². The predicted molar refractivity (Wildman–Crippen MR) is 122 cm³/mol. The first kappa shape index (κ1) is 19.7. The standard InChI is InChI=1S/C23H27N5O3/c1-26(18-15-21(29)25-24-16-18)6-7-27-8-10-28(11-9-27)20-14-17-4-2-3-5-19(17)22-23(20)31-13-12-30-22/h2-5,14-16H,6-13H2,1H3,(H,25,29). The van der Waals surface area contributed by atoms with Gasteiger partial charge < -0.3 is 19.3 Å². The molecular formula is C23H27N5O3. The summed E-state index contributed by atoms with van der Waals surface area (Å²) >= 11 is 0. The predicted octanol–water partition coefficient (Wildman–Crippen LogP) is 1.95. The zero-order chi connectivity index (χ0) is 21.2. The van der Waals surface area contributed by atoms with Gasteiger partial charge in [0.15, 0.2) is 11.5 Å². The van der Waals surface area contributed by atoms with Gasteiger partial charge in [0, 0.05) is 57.8 Å². The number of benzene rings is 2. The largest absolute Gasteiger partial charge is 0.485 e. The van der Waals surface area contributed by atoms with Gasteiger partial charge in [0.1, 0.15) is 13.2 Å². The Balaban J connectivity index is 1.26. The lowest BCUT2D eigenvalue weighted by atomic mass is 10.1. The van der Waals surface area contributed by atoms with Gasteiger partial charge >= 0.3 is 0 Å². The zero-order valence-corrected chi connectivity index (χ0v) is 17.7. The van der Waals surface area contributed by atoms with E-state index in [4.69, 9.17) is 9.47 Å². The summed E-state index contributed by atoms with van der Waals surface area (Å²) in [6, 6.07) is 12.1. The minimum Gasteiger partial charge on any atom is -0.485 e. The number of fused-ring (bicyclic) bond motifs is 3. The molecule has 3 aromatic rings. The molecule has 2 aromatic carbocycles. The van der Waals surface area contributed by atoms with E-state index in [0.29, 0.717) is 13.2 Å². The van der Waals surface area contributed by atoms with E-state index in [1.807, 2.05) is 13.1 Å². The SMILES string of the molecule is CN(CCN1CCN(c2cc3ccccc3c3c2OCCO3)CC1)c1cn[nH]c(=O)c1. The van der Waals surface area contributed by atoms with Crippen molar-refractivity contribution in [2.45, 2.75) is 0 Å². The van der Waals surface area contributed by atoms with Gasteiger partial charge in [0.05, 0.1) is 17.6 Å². The molecule has 0 amide bonds. The van der Waals surface area contributed by atoms with Crippen molar-refractivity contribution in [3.63, 3.8) is 0 Å². The van der Waals surface area contributed by atoms with Crippen molar-refractivity contribution >= 4 is 22.1 Å². The average molecular weight is 422 g/mol. The van der Waals surface area contributed by atoms with Crippen LogP contribution in [0.1, 0.15) is 0 Å². The minimum atomic E-state index is -0.178. The fourth-order valence-electron chi connectivity index (χ4n) is 4.29. The van der Waals surface area contributed by atoms with Crippen LogP contribution >= 0.6 is 0 Å². The van der Waals surface area contributed by atoms with Crippen LogP contribution in [0.15, 0.2) is 47.4 Å². The van der Waals surface area contributed by atoms with Crippen LogP contribution < -0.4 is 24.8 Å². The van der Waals surface area contributed by atoms with Gasteiger partial charge in [-0.15, -0.1) is 0 Å². The summed E-state index contributed by atoms with van der Waals surface area (Å²) in [4.78, 5) is 18.4. The van der Waals surface area contributed by atoms with Crippen LogP contribution in [0.2, 0.25) is 0 Å². The Bertz CT molecular complexity index is 1120. The smallest absolute Gasteiger partial charge is 0.266 e. The Morgan fingerprint density at radius 1 is 1.06 bits per heavy atom. The second kappa shape index (κ2) is 8.47. The van der Waals surface area contributed by atoms with Gasteiger partial charge in [-0.1, -0.05) is 24.3 Å². The Hall–Kier alpha value is -3.26. The Morgan fingerprint density at radius 3 is 2.65 bits per heavy atom. The Kier molecular flexibility index (Phi) is 5.38. The maximum atomic E-state index is 11.5. The third kappa shape index (κ3) is 4.03. The highest BCUT2D eigenvalue weighted by Crippen LogP contribution is 2.45. The van der Waals surface area contributed by atoms with Crippen LogP contribution in [0, 0.1) is 0 Å². The van der Waals surface area contributed by atoms with Crippen LogP contribution in [0.3, 0.4) is 0 Å². The number of anilines is 2. The summed E-state index contributed by atoms with van der Waals surface area (Å²) in [5.74, 6) is 1.75. The first-order chi connectivity index (χ1) is 15.2. The topological polar surface area (TPSA) is 73.9 Å². The Morgan fingerprint density at radius 2 is 1.84 bits per heavy atom. The average Bonchev–Trinajstić information content (AvgIpc) is 2.82. The fourth-order valence-corrected chi connectivity index (χ4v) is 4.29. The lowest BCUT2D eigenvalue weighted by Crippen LogP contribution is -2.48. The van der Waals surface area contributed by atoms with Crippen molar-refractivity contribution in [2.75, 3.05) is 69.3 Å². The van der Waals surface area contributed by atoms with Gasteiger partial charge in [-0.3, -0.25) is 9.69 Å². The molecule has 0 radical (unpaired) electrons. The molecule has 5 rings (SSSR count). The molecule has 8 nitrogen and oxygen atoms in total. The number of aromatic amines is 1. The highest BCUT2D eigenvalue weighted by Gasteiger charge is 2.26. The van der Waals surface area contributed by atoms with Gasteiger partial charge in [-0.25, -0.2) is 5.10 Å². The quantitative estimate of drug-likeness (QED) is 0.675. The van der Waals surface area contributed by atoms with E-state index < -0.39 is 0 Å². The highest BCUT2D eigenvalue weighted by molar-refractivity contribution is 5.96. The van der Waals surface area contributed by atoms with Gasteiger partial charge in [0.25, 0.3) is 5.56 Å². The van der Waals surface area contributed by atoms with Gasteiger partial charge in [-0.05, 0) is 11.5 Å². The highest BCUT2D eigenvalue weighted by atomic mass is 16.6. The monoisotopic (exact) mass is 421 g/mol. The summed E-state index contributed by atoms with van der Waals surface area (Å²) in [7, 11) is 1.99. The van der Waals surface area contributed by atoms with E-state index in [9.17, 15) is 4.79 Å². The van der Waals surface area contributed by atoms with Crippen LogP contribution in [0.25, 0.3) is 10.8 Å². The van der Waals surface area contributed by atoms with Crippen LogP contribution in [0.5, 0.6) is 11.5 Å². The molecule has 31 heavy (non-hydrogen) atoms. The van der Waals surface area contributed by atoms with E-state index in [0.717, 1.165) is 67.5 Å². The number of nitrogens with zero attached hydrogens (tertiary/aromatic N) is 4. The van der Waals surface area contributed by atoms with Crippen molar-refractivity contribution in [1.29, 1.82) is 0 Å².